The first kappa shape index (κ1) is 12.3. The fourth-order valence-corrected chi connectivity index (χ4v) is 3.12. The minimum Gasteiger partial charge on any atom is -0.348 e. The molecule has 4 heteroatoms. The largest absolute Gasteiger partial charge is 0.348 e. The minimum absolute atomic E-state index is 0.752. The molecule has 0 amide bonds. The van der Waals surface area contributed by atoms with Crippen LogP contribution >= 0.6 is 11.3 Å². The zero-order valence-electron chi connectivity index (χ0n) is 10.4. The van der Waals surface area contributed by atoms with E-state index in [9.17, 15) is 4.79 Å². The third-order valence-electron chi connectivity index (χ3n) is 2.99. The molecule has 1 saturated heterocycles. The highest BCUT2D eigenvalue weighted by molar-refractivity contribution is 7.16. The van der Waals surface area contributed by atoms with Crippen molar-refractivity contribution in [1.29, 1.82) is 0 Å². The van der Waals surface area contributed by atoms with Crippen LogP contribution in [-0.2, 0) is 4.79 Å². The van der Waals surface area contributed by atoms with E-state index in [1.54, 1.807) is 11.3 Å². The third-order valence-corrected chi connectivity index (χ3v) is 4.16. The second kappa shape index (κ2) is 5.45. The van der Waals surface area contributed by atoms with Gasteiger partial charge >= 0.3 is 0 Å². The summed E-state index contributed by atoms with van der Waals surface area (Å²) in [6.45, 7) is 6.06. The number of piperidine rings is 1. The molecule has 0 radical (unpaired) electrons. The van der Waals surface area contributed by atoms with Gasteiger partial charge in [0.05, 0.1) is 10.6 Å². The monoisotopic (exact) mass is 250 g/mol. The zero-order chi connectivity index (χ0) is 12.3. The van der Waals surface area contributed by atoms with Crippen molar-refractivity contribution >= 4 is 28.8 Å². The average molecular weight is 250 g/mol. The van der Waals surface area contributed by atoms with Crippen molar-refractivity contribution in [2.75, 3.05) is 18.0 Å². The van der Waals surface area contributed by atoms with Crippen LogP contribution in [0.2, 0.25) is 0 Å². The van der Waals surface area contributed by atoms with Crippen molar-refractivity contribution < 1.29 is 4.79 Å². The number of aldehydes is 1. The van der Waals surface area contributed by atoms with E-state index in [1.807, 2.05) is 19.9 Å². The van der Waals surface area contributed by atoms with Crippen LogP contribution in [0, 0.1) is 6.92 Å². The predicted molar refractivity (Wildman–Crippen MR) is 72.6 cm³/mol. The second-order valence-corrected chi connectivity index (χ2v) is 5.51. The van der Waals surface area contributed by atoms with Crippen molar-refractivity contribution in [1.82, 2.24) is 4.98 Å². The number of hydrogen-bond donors (Lipinski definition) is 0. The van der Waals surface area contributed by atoms with Crippen LogP contribution in [0.4, 0.5) is 5.13 Å². The minimum atomic E-state index is 0.752. The van der Waals surface area contributed by atoms with Crippen LogP contribution in [0.3, 0.4) is 0 Å². The van der Waals surface area contributed by atoms with Gasteiger partial charge in [0.25, 0.3) is 0 Å². The van der Waals surface area contributed by atoms with Crippen LogP contribution < -0.4 is 4.90 Å². The summed E-state index contributed by atoms with van der Waals surface area (Å²) in [5, 5.41) is 1.10. The molecule has 0 bridgehead atoms. The van der Waals surface area contributed by atoms with Crippen LogP contribution in [0.25, 0.3) is 6.08 Å². The molecule has 0 spiro atoms. The average Bonchev–Trinajstić information content (AvgIpc) is 2.72. The lowest BCUT2D eigenvalue weighted by atomic mass is 10.1. The Kier molecular flexibility index (Phi) is 3.94. The molecule has 17 heavy (non-hydrogen) atoms. The Morgan fingerprint density at radius 2 is 2.06 bits per heavy atom. The van der Waals surface area contributed by atoms with Crippen molar-refractivity contribution in [3.63, 3.8) is 0 Å². The topological polar surface area (TPSA) is 33.2 Å². The van der Waals surface area contributed by atoms with Crippen molar-refractivity contribution in [2.24, 2.45) is 0 Å². The number of thiazole rings is 1. The van der Waals surface area contributed by atoms with Gasteiger partial charge < -0.3 is 4.90 Å². The maximum atomic E-state index is 10.6. The van der Waals surface area contributed by atoms with Crippen LogP contribution in [0.1, 0.15) is 36.8 Å². The van der Waals surface area contributed by atoms with Gasteiger partial charge in [-0.25, -0.2) is 4.98 Å². The number of carbonyl (C=O) groups excluding carboxylic acids is 1. The molecule has 2 rings (SSSR count). The molecular weight excluding hydrogens is 232 g/mol. The van der Waals surface area contributed by atoms with E-state index in [4.69, 9.17) is 0 Å². The van der Waals surface area contributed by atoms with Crippen molar-refractivity contribution in [3.05, 3.63) is 16.1 Å². The Morgan fingerprint density at radius 3 is 2.71 bits per heavy atom. The Bertz CT molecular complexity index is 431. The molecule has 2 heterocycles. The summed E-state index contributed by atoms with van der Waals surface area (Å²) in [7, 11) is 0. The number of allylic oxidation sites excluding steroid dienone is 1. The molecule has 0 aromatic carbocycles. The number of anilines is 1. The van der Waals surface area contributed by atoms with Gasteiger partial charge in [0.1, 0.15) is 6.29 Å². The zero-order valence-corrected chi connectivity index (χ0v) is 11.2. The summed E-state index contributed by atoms with van der Waals surface area (Å²) in [5.74, 6) is 0. The molecule has 0 unspecified atom stereocenters. The molecule has 92 valence electrons. The highest BCUT2D eigenvalue weighted by Gasteiger charge is 2.15. The number of aryl methyl sites for hydroxylation is 1. The van der Waals surface area contributed by atoms with Crippen LogP contribution in [0.5, 0.6) is 0 Å². The summed E-state index contributed by atoms with van der Waals surface area (Å²) in [5.41, 5.74) is 1.78. The Hall–Kier alpha value is -1.16. The number of rotatable bonds is 3. The Labute approximate surface area is 106 Å². The molecule has 1 aromatic rings. The molecule has 1 fully saturated rings. The van der Waals surface area contributed by atoms with E-state index in [0.717, 1.165) is 40.7 Å². The van der Waals surface area contributed by atoms with Crippen molar-refractivity contribution in [3.8, 4) is 0 Å². The summed E-state index contributed by atoms with van der Waals surface area (Å²) in [6.07, 6.45) is 6.67. The van der Waals surface area contributed by atoms with Gasteiger partial charge in [-0.05, 0) is 44.8 Å². The fraction of sp³-hybridized carbons (Fsp3) is 0.538. The highest BCUT2D eigenvalue weighted by Crippen LogP contribution is 2.29. The lowest BCUT2D eigenvalue weighted by Crippen LogP contribution is -2.29. The van der Waals surface area contributed by atoms with Gasteiger partial charge in [-0.15, -0.1) is 0 Å². The predicted octanol–water partition coefficient (Wildman–Crippen LogP) is 3.04. The summed E-state index contributed by atoms with van der Waals surface area (Å²) >= 11 is 1.69. The highest BCUT2D eigenvalue weighted by atomic mass is 32.1. The summed E-state index contributed by atoms with van der Waals surface area (Å²) in [4.78, 5) is 18.7. The standard InChI is InChI=1S/C13H18N2OS/c1-10(9-16)8-12-11(2)14-13(17-12)15-6-4-3-5-7-15/h8-9H,3-7H2,1-2H3. The van der Waals surface area contributed by atoms with Gasteiger partial charge in [0.15, 0.2) is 5.13 Å². The Balaban J connectivity index is 2.20. The first-order valence-electron chi connectivity index (χ1n) is 6.06. The van der Waals surface area contributed by atoms with Gasteiger partial charge in [-0.3, -0.25) is 4.79 Å². The normalized spacial score (nSPS) is 17.3. The number of hydrogen-bond acceptors (Lipinski definition) is 4. The molecule has 3 nitrogen and oxygen atoms in total. The van der Waals surface area contributed by atoms with E-state index in [1.165, 1.54) is 19.3 Å². The Morgan fingerprint density at radius 1 is 1.35 bits per heavy atom. The van der Waals surface area contributed by atoms with Gasteiger partial charge in [0, 0.05) is 13.1 Å². The second-order valence-electron chi connectivity index (χ2n) is 4.50. The van der Waals surface area contributed by atoms with E-state index in [-0.39, 0.29) is 0 Å². The number of carbonyl (C=O) groups is 1. The van der Waals surface area contributed by atoms with E-state index in [2.05, 4.69) is 9.88 Å². The molecule has 0 saturated carbocycles. The first-order chi connectivity index (χ1) is 8.20. The summed E-state index contributed by atoms with van der Waals surface area (Å²) < 4.78 is 0. The lowest BCUT2D eigenvalue weighted by Gasteiger charge is -2.25. The van der Waals surface area contributed by atoms with Gasteiger partial charge in [-0.2, -0.15) is 0 Å². The molecule has 0 atom stereocenters. The quantitative estimate of drug-likeness (QED) is 0.610. The fourth-order valence-electron chi connectivity index (χ4n) is 1.99. The molecule has 1 aromatic heterocycles. The smallest absolute Gasteiger partial charge is 0.186 e. The maximum absolute atomic E-state index is 10.6. The lowest BCUT2D eigenvalue weighted by molar-refractivity contribution is -0.104. The van der Waals surface area contributed by atoms with E-state index < -0.39 is 0 Å². The van der Waals surface area contributed by atoms with Gasteiger partial charge in [-0.1, -0.05) is 11.3 Å². The maximum Gasteiger partial charge on any atom is 0.186 e. The number of nitrogens with zero attached hydrogens (tertiary/aromatic N) is 2. The molecule has 0 N–H and O–H groups in total. The molecule has 1 aliphatic heterocycles. The van der Waals surface area contributed by atoms with Crippen LogP contribution in [-0.4, -0.2) is 24.4 Å². The molecular formula is C13H18N2OS. The van der Waals surface area contributed by atoms with E-state index >= 15 is 0 Å². The third kappa shape index (κ3) is 2.94. The van der Waals surface area contributed by atoms with E-state index in [0.29, 0.717) is 0 Å². The van der Waals surface area contributed by atoms with Gasteiger partial charge in [0.2, 0.25) is 0 Å². The van der Waals surface area contributed by atoms with Crippen molar-refractivity contribution in [2.45, 2.75) is 33.1 Å². The SMILES string of the molecule is CC(C=O)=Cc1sc(N2CCCCC2)nc1C. The number of aromatic nitrogens is 1. The first-order valence-corrected chi connectivity index (χ1v) is 6.88. The molecule has 1 aliphatic rings. The van der Waals surface area contributed by atoms with Crippen LogP contribution in [0.15, 0.2) is 5.57 Å². The summed E-state index contributed by atoms with van der Waals surface area (Å²) in [6, 6.07) is 0. The molecule has 0 aliphatic carbocycles.